The summed E-state index contributed by atoms with van der Waals surface area (Å²) in [5.74, 6) is 0. The lowest BCUT2D eigenvalue weighted by molar-refractivity contribution is 0.144. The Morgan fingerprint density at radius 1 is 1.33 bits per heavy atom. The van der Waals surface area contributed by atoms with Crippen molar-refractivity contribution >= 4 is 0 Å². The van der Waals surface area contributed by atoms with Crippen molar-refractivity contribution in [1.29, 1.82) is 0 Å². The first-order valence-electron chi connectivity index (χ1n) is 6.45. The molecule has 1 unspecified atom stereocenters. The molecule has 0 radical (unpaired) electrons. The molecule has 1 aliphatic heterocycles. The predicted octanol–water partition coefficient (Wildman–Crippen LogP) is 2.45. The zero-order valence-corrected chi connectivity index (χ0v) is 11.2. The summed E-state index contributed by atoms with van der Waals surface area (Å²) >= 11 is 0. The first kappa shape index (κ1) is 13.0. The van der Waals surface area contributed by atoms with Gasteiger partial charge in [0.25, 0.3) is 0 Å². The van der Waals surface area contributed by atoms with Crippen molar-refractivity contribution in [2.75, 3.05) is 33.2 Å². The van der Waals surface area contributed by atoms with E-state index in [9.17, 15) is 0 Å². The van der Waals surface area contributed by atoms with E-state index in [1.165, 1.54) is 39.0 Å². The summed E-state index contributed by atoms with van der Waals surface area (Å²) in [7, 11) is 2.26. The van der Waals surface area contributed by atoms with Gasteiger partial charge in [0.2, 0.25) is 0 Å². The Kier molecular flexibility index (Phi) is 4.60. The third-order valence-corrected chi connectivity index (χ3v) is 4.18. The van der Waals surface area contributed by atoms with Gasteiger partial charge in [-0.05, 0) is 52.2 Å². The molecular formula is C13H28N2. The van der Waals surface area contributed by atoms with Crippen LogP contribution in [0.2, 0.25) is 0 Å². The van der Waals surface area contributed by atoms with Crippen LogP contribution in [0.25, 0.3) is 0 Å². The van der Waals surface area contributed by atoms with E-state index in [2.05, 4.69) is 44.5 Å². The molecule has 2 heteroatoms. The van der Waals surface area contributed by atoms with Crippen LogP contribution < -0.4 is 0 Å². The van der Waals surface area contributed by atoms with Gasteiger partial charge in [-0.25, -0.2) is 0 Å². The van der Waals surface area contributed by atoms with Gasteiger partial charge in [-0.15, -0.1) is 0 Å². The highest BCUT2D eigenvalue weighted by atomic mass is 15.2. The summed E-state index contributed by atoms with van der Waals surface area (Å²) in [5, 5.41) is 0. The van der Waals surface area contributed by atoms with E-state index < -0.39 is 0 Å². The molecule has 1 saturated heterocycles. The Labute approximate surface area is 95.6 Å². The van der Waals surface area contributed by atoms with Crippen molar-refractivity contribution in [2.24, 2.45) is 5.41 Å². The minimum absolute atomic E-state index is 0.565. The van der Waals surface area contributed by atoms with Crippen LogP contribution >= 0.6 is 0 Å². The second-order valence-corrected chi connectivity index (χ2v) is 5.48. The molecule has 0 saturated carbocycles. The number of nitrogens with zero attached hydrogens (tertiary/aromatic N) is 2. The molecule has 2 nitrogen and oxygen atoms in total. The molecule has 0 aliphatic carbocycles. The monoisotopic (exact) mass is 212 g/mol. The van der Waals surface area contributed by atoms with Crippen molar-refractivity contribution in [3.63, 3.8) is 0 Å². The fourth-order valence-corrected chi connectivity index (χ4v) is 2.54. The molecular weight excluding hydrogens is 184 g/mol. The fourth-order valence-electron chi connectivity index (χ4n) is 2.54. The first-order chi connectivity index (χ1) is 7.03. The van der Waals surface area contributed by atoms with Crippen molar-refractivity contribution in [3.8, 4) is 0 Å². The summed E-state index contributed by atoms with van der Waals surface area (Å²) < 4.78 is 0. The van der Waals surface area contributed by atoms with Crippen LogP contribution in [0.5, 0.6) is 0 Å². The number of hydrogen-bond donors (Lipinski definition) is 0. The molecule has 0 spiro atoms. The Morgan fingerprint density at radius 3 is 2.40 bits per heavy atom. The van der Waals surface area contributed by atoms with Gasteiger partial charge in [0.15, 0.2) is 0 Å². The second-order valence-electron chi connectivity index (χ2n) is 5.48. The van der Waals surface area contributed by atoms with Gasteiger partial charge in [-0.3, -0.25) is 0 Å². The largest absolute Gasteiger partial charge is 0.303 e. The van der Waals surface area contributed by atoms with Crippen molar-refractivity contribution < 1.29 is 0 Å². The van der Waals surface area contributed by atoms with Crippen LogP contribution in [0.4, 0.5) is 0 Å². The molecule has 15 heavy (non-hydrogen) atoms. The fraction of sp³-hybridized carbons (Fsp3) is 1.00. The van der Waals surface area contributed by atoms with Crippen LogP contribution in [0.15, 0.2) is 0 Å². The van der Waals surface area contributed by atoms with Gasteiger partial charge in [-0.2, -0.15) is 0 Å². The Morgan fingerprint density at radius 2 is 2.00 bits per heavy atom. The maximum atomic E-state index is 2.59. The van der Waals surface area contributed by atoms with Gasteiger partial charge in [-0.1, -0.05) is 13.8 Å². The summed E-state index contributed by atoms with van der Waals surface area (Å²) in [6, 6.07) is 0.670. The smallest absolute Gasteiger partial charge is 0.00505 e. The minimum atomic E-state index is 0.565. The van der Waals surface area contributed by atoms with Crippen LogP contribution in [-0.4, -0.2) is 49.1 Å². The molecule has 0 aromatic rings. The number of rotatable bonds is 5. The van der Waals surface area contributed by atoms with Crippen molar-refractivity contribution in [2.45, 2.75) is 46.6 Å². The standard InChI is InChI=1S/C13H28N2/c1-6-13(10-14(5)12(3)4)8-9-15(7-2)11-13/h12H,6-11H2,1-5H3. The van der Waals surface area contributed by atoms with E-state index >= 15 is 0 Å². The average Bonchev–Trinajstić information content (AvgIpc) is 2.62. The third-order valence-electron chi connectivity index (χ3n) is 4.18. The Bertz CT molecular complexity index is 191. The number of likely N-dealkylation sites (tertiary alicyclic amines) is 1. The summed E-state index contributed by atoms with van der Waals surface area (Å²) in [4.78, 5) is 5.10. The highest BCUT2D eigenvalue weighted by Gasteiger charge is 2.36. The molecule has 0 N–H and O–H groups in total. The SMILES string of the molecule is CCN1CCC(CC)(CN(C)C(C)C)C1. The lowest BCUT2D eigenvalue weighted by atomic mass is 9.83. The van der Waals surface area contributed by atoms with E-state index in [4.69, 9.17) is 0 Å². The summed E-state index contributed by atoms with van der Waals surface area (Å²) in [6.45, 7) is 14.3. The predicted molar refractivity (Wildman–Crippen MR) is 67.2 cm³/mol. The number of hydrogen-bond acceptors (Lipinski definition) is 2. The quantitative estimate of drug-likeness (QED) is 0.691. The summed E-state index contributed by atoms with van der Waals surface area (Å²) in [5.41, 5.74) is 0.565. The van der Waals surface area contributed by atoms with E-state index in [-0.39, 0.29) is 0 Å². The van der Waals surface area contributed by atoms with Gasteiger partial charge < -0.3 is 9.80 Å². The average molecular weight is 212 g/mol. The molecule has 1 rings (SSSR count). The lowest BCUT2D eigenvalue weighted by Crippen LogP contribution is -2.40. The third kappa shape index (κ3) is 3.18. The molecule has 0 bridgehead atoms. The van der Waals surface area contributed by atoms with Crippen molar-refractivity contribution in [1.82, 2.24) is 9.80 Å². The lowest BCUT2D eigenvalue weighted by Gasteiger charge is -2.34. The minimum Gasteiger partial charge on any atom is -0.303 e. The molecule has 0 amide bonds. The van der Waals surface area contributed by atoms with Gasteiger partial charge in [0.1, 0.15) is 0 Å². The maximum absolute atomic E-state index is 2.59. The highest BCUT2D eigenvalue weighted by Crippen LogP contribution is 2.34. The second kappa shape index (κ2) is 5.31. The van der Waals surface area contributed by atoms with Gasteiger partial charge in [0.05, 0.1) is 0 Å². The molecule has 1 heterocycles. The van der Waals surface area contributed by atoms with Crippen LogP contribution in [-0.2, 0) is 0 Å². The normalized spacial score (nSPS) is 28.2. The van der Waals surface area contributed by atoms with E-state index in [1.54, 1.807) is 0 Å². The van der Waals surface area contributed by atoms with E-state index in [0.717, 1.165) is 0 Å². The van der Waals surface area contributed by atoms with Gasteiger partial charge in [0, 0.05) is 19.1 Å². The Hall–Kier alpha value is -0.0800. The van der Waals surface area contributed by atoms with Crippen LogP contribution in [0.3, 0.4) is 0 Å². The molecule has 0 aromatic heterocycles. The topological polar surface area (TPSA) is 6.48 Å². The van der Waals surface area contributed by atoms with Crippen LogP contribution in [0.1, 0.15) is 40.5 Å². The maximum Gasteiger partial charge on any atom is 0.00505 e. The molecule has 1 aliphatic rings. The Balaban J connectivity index is 2.55. The molecule has 0 aromatic carbocycles. The highest BCUT2D eigenvalue weighted by molar-refractivity contribution is 4.91. The first-order valence-corrected chi connectivity index (χ1v) is 6.45. The summed E-state index contributed by atoms with van der Waals surface area (Å²) in [6.07, 6.45) is 2.70. The zero-order chi connectivity index (χ0) is 11.5. The van der Waals surface area contributed by atoms with E-state index in [0.29, 0.717) is 11.5 Å². The molecule has 1 fully saturated rings. The zero-order valence-electron chi connectivity index (χ0n) is 11.2. The van der Waals surface area contributed by atoms with Gasteiger partial charge >= 0.3 is 0 Å². The van der Waals surface area contributed by atoms with Crippen LogP contribution in [0, 0.1) is 5.41 Å². The van der Waals surface area contributed by atoms with Crippen molar-refractivity contribution in [3.05, 3.63) is 0 Å². The molecule has 1 atom stereocenters. The molecule has 90 valence electrons. The van der Waals surface area contributed by atoms with E-state index in [1.807, 2.05) is 0 Å².